The Morgan fingerprint density at radius 3 is 2.79 bits per heavy atom. The van der Waals surface area contributed by atoms with Crippen LogP contribution in [0.2, 0.25) is 0 Å². The molecule has 1 N–H and O–H groups in total. The molecule has 1 heterocycles. The van der Waals surface area contributed by atoms with Crippen LogP contribution in [-0.2, 0) is 4.74 Å². The van der Waals surface area contributed by atoms with Gasteiger partial charge >= 0.3 is 0 Å². The maximum atomic E-state index is 5.45. The molecule has 3 nitrogen and oxygen atoms in total. The Bertz CT molecular complexity index is 405. The summed E-state index contributed by atoms with van der Waals surface area (Å²) in [7, 11) is 0. The van der Waals surface area contributed by atoms with Gasteiger partial charge in [-0.15, -0.1) is 0 Å². The lowest BCUT2D eigenvalue weighted by molar-refractivity contribution is 0.122. The molecule has 2 rings (SSSR count). The fraction of sp³-hybridized carbons (Fsp3) is 0.600. The fourth-order valence-electron chi connectivity index (χ4n) is 2.43. The van der Waals surface area contributed by atoms with Crippen molar-refractivity contribution in [2.24, 2.45) is 0 Å². The molecular formula is C15H23BrN2O. The molecule has 1 fully saturated rings. The van der Waals surface area contributed by atoms with Crippen LogP contribution in [0, 0.1) is 0 Å². The van der Waals surface area contributed by atoms with E-state index in [1.54, 1.807) is 0 Å². The van der Waals surface area contributed by atoms with Crippen LogP contribution in [0.15, 0.2) is 22.7 Å². The SMILES string of the molecule is CCCNC(C)c1ccc(Br)cc1N1CCOCC1. The van der Waals surface area contributed by atoms with Gasteiger partial charge in [0, 0.05) is 29.3 Å². The molecule has 0 saturated carbocycles. The van der Waals surface area contributed by atoms with Gasteiger partial charge in [0.05, 0.1) is 13.2 Å². The maximum Gasteiger partial charge on any atom is 0.0642 e. The summed E-state index contributed by atoms with van der Waals surface area (Å²) in [5, 5.41) is 3.57. The number of ether oxygens (including phenoxy) is 1. The number of nitrogens with one attached hydrogen (secondary N) is 1. The molecule has 19 heavy (non-hydrogen) atoms. The molecule has 1 atom stereocenters. The molecule has 0 radical (unpaired) electrons. The van der Waals surface area contributed by atoms with Gasteiger partial charge in [0.2, 0.25) is 0 Å². The molecule has 0 aliphatic carbocycles. The van der Waals surface area contributed by atoms with E-state index in [1.807, 2.05) is 0 Å². The number of morpholine rings is 1. The van der Waals surface area contributed by atoms with Crippen LogP contribution in [0.25, 0.3) is 0 Å². The van der Waals surface area contributed by atoms with Crippen molar-refractivity contribution in [3.8, 4) is 0 Å². The Balaban J connectivity index is 2.21. The first-order chi connectivity index (χ1) is 9.22. The zero-order valence-corrected chi connectivity index (χ0v) is 13.4. The van der Waals surface area contributed by atoms with Crippen LogP contribution < -0.4 is 10.2 Å². The van der Waals surface area contributed by atoms with Gasteiger partial charge in [-0.25, -0.2) is 0 Å². The molecular weight excluding hydrogens is 304 g/mol. The van der Waals surface area contributed by atoms with Gasteiger partial charge in [0.25, 0.3) is 0 Å². The Labute approximate surface area is 124 Å². The summed E-state index contributed by atoms with van der Waals surface area (Å²) in [6, 6.07) is 6.96. The minimum atomic E-state index is 0.380. The fourth-order valence-corrected chi connectivity index (χ4v) is 2.78. The lowest BCUT2D eigenvalue weighted by atomic mass is 10.0. The number of rotatable bonds is 5. The van der Waals surface area contributed by atoms with E-state index >= 15 is 0 Å². The molecule has 0 aromatic heterocycles. The minimum absolute atomic E-state index is 0.380. The summed E-state index contributed by atoms with van der Waals surface area (Å²) in [5.41, 5.74) is 2.70. The highest BCUT2D eigenvalue weighted by molar-refractivity contribution is 9.10. The smallest absolute Gasteiger partial charge is 0.0642 e. The predicted molar refractivity (Wildman–Crippen MR) is 83.9 cm³/mol. The molecule has 4 heteroatoms. The second-order valence-electron chi connectivity index (χ2n) is 4.98. The first-order valence-electron chi connectivity index (χ1n) is 7.08. The van der Waals surface area contributed by atoms with Crippen molar-refractivity contribution in [2.45, 2.75) is 26.3 Å². The molecule has 0 bridgehead atoms. The molecule has 1 aliphatic heterocycles. The molecule has 1 aliphatic rings. The Hall–Kier alpha value is -0.580. The van der Waals surface area contributed by atoms with Crippen LogP contribution in [0.1, 0.15) is 31.9 Å². The standard InChI is InChI=1S/C15H23BrN2O/c1-3-6-17-12(2)14-5-4-13(16)11-15(14)18-7-9-19-10-8-18/h4-5,11-12,17H,3,6-10H2,1-2H3. The molecule has 1 saturated heterocycles. The highest BCUT2D eigenvalue weighted by atomic mass is 79.9. The van der Waals surface area contributed by atoms with E-state index < -0.39 is 0 Å². The summed E-state index contributed by atoms with van der Waals surface area (Å²) < 4.78 is 6.59. The normalized spacial score (nSPS) is 17.5. The van der Waals surface area contributed by atoms with Crippen molar-refractivity contribution < 1.29 is 4.74 Å². The van der Waals surface area contributed by atoms with Gasteiger partial charge in [0.15, 0.2) is 0 Å². The van der Waals surface area contributed by atoms with Gasteiger partial charge in [-0.3, -0.25) is 0 Å². The van der Waals surface area contributed by atoms with Gasteiger partial charge in [-0.1, -0.05) is 28.9 Å². The first kappa shape index (κ1) is 14.8. The molecule has 1 aromatic carbocycles. The van der Waals surface area contributed by atoms with Crippen LogP contribution >= 0.6 is 15.9 Å². The summed E-state index contributed by atoms with van der Waals surface area (Å²) in [4.78, 5) is 2.42. The van der Waals surface area contributed by atoms with E-state index in [4.69, 9.17) is 4.74 Å². The second kappa shape index (κ2) is 7.27. The van der Waals surface area contributed by atoms with Crippen LogP contribution in [-0.4, -0.2) is 32.8 Å². The number of hydrogen-bond donors (Lipinski definition) is 1. The van der Waals surface area contributed by atoms with E-state index in [9.17, 15) is 0 Å². The van der Waals surface area contributed by atoms with Crippen molar-refractivity contribution in [1.82, 2.24) is 5.32 Å². The van der Waals surface area contributed by atoms with Gasteiger partial charge in [-0.05, 0) is 37.6 Å². The third kappa shape index (κ3) is 3.94. The Morgan fingerprint density at radius 1 is 1.37 bits per heavy atom. The van der Waals surface area contributed by atoms with Crippen LogP contribution in [0.5, 0.6) is 0 Å². The molecule has 0 spiro atoms. The predicted octanol–water partition coefficient (Wildman–Crippen LogP) is 3.35. The van der Waals surface area contributed by atoms with Crippen molar-refractivity contribution in [1.29, 1.82) is 0 Å². The number of benzene rings is 1. The van der Waals surface area contributed by atoms with Crippen molar-refractivity contribution in [2.75, 3.05) is 37.7 Å². The third-order valence-corrected chi connectivity index (χ3v) is 4.00. The molecule has 1 unspecified atom stereocenters. The monoisotopic (exact) mass is 326 g/mol. The Kier molecular flexibility index (Phi) is 5.67. The number of nitrogens with zero attached hydrogens (tertiary/aromatic N) is 1. The first-order valence-corrected chi connectivity index (χ1v) is 7.87. The number of halogens is 1. The highest BCUT2D eigenvalue weighted by Gasteiger charge is 2.18. The summed E-state index contributed by atoms with van der Waals surface area (Å²) in [5.74, 6) is 0. The van der Waals surface area contributed by atoms with E-state index in [2.05, 4.69) is 58.2 Å². The average molecular weight is 327 g/mol. The lowest BCUT2D eigenvalue weighted by Gasteiger charge is -2.32. The highest BCUT2D eigenvalue weighted by Crippen LogP contribution is 2.30. The van der Waals surface area contributed by atoms with Gasteiger partial charge < -0.3 is 15.0 Å². The van der Waals surface area contributed by atoms with E-state index in [0.717, 1.165) is 43.7 Å². The molecule has 0 amide bonds. The number of hydrogen-bond acceptors (Lipinski definition) is 3. The van der Waals surface area contributed by atoms with E-state index in [-0.39, 0.29) is 0 Å². The quantitative estimate of drug-likeness (QED) is 0.898. The summed E-state index contributed by atoms with van der Waals surface area (Å²) >= 11 is 3.59. The minimum Gasteiger partial charge on any atom is -0.378 e. The second-order valence-corrected chi connectivity index (χ2v) is 5.89. The van der Waals surface area contributed by atoms with Crippen molar-refractivity contribution >= 4 is 21.6 Å². The van der Waals surface area contributed by atoms with E-state index in [1.165, 1.54) is 11.3 Å². The van der Waals surface area contributed by atoms with Gasteiger partial charge in [0.1, 0.15) is 0 Å². The zero-order chi connectivity index (χ0) is 13.7. The lowest BCUT2D eigenvalue weighted by Crippen LogP contribution is -2.37. The van der Waals surface area contributed by atoms with E-state index in [0.29, 0.717) is 6.04 Å². The summed E-state index contributed by atoms with van der Waals surface area (Å²) in [6.07, 6.45) is 1.16. The van der Waals surface area contributed by atoms with Crippen molar-refractivity contribution in [3.05, 3.63) is 28.2 Å². The zero-order valence-electron chi connectivity index (χ0n) is 11.8. The number of anilines is 1. The topological polar surface area (TPSA) is 24.5 Å². The summed E-state index contributed by atoms with van der Waals surface area (Å²) in [6.45, 7) is 9.09. The van der Waals surface area contributed by atoms with Crippen molar-refractivity contribution in [3.63, 3.8) is 0 Å². The maximum absolute atomic E-state index is 5.45. The molecule has 1 aromatic rings. The van der Waals surface area contributed by atoms with Crippen LogP contribution in [0.4, 0.5) is 5.69 Å². The Morgan fingerprint density at radius 2 is 2.11 bits per heavy atom. The average Bonchev–Trinajstić information content (AvgIpc) is 2.45. The molecule has 106 valence electrons. The van der Waals surface area contributed by atoms with Gasteiger partial charge in [-0.2, -0.15) is 0 Å². The third-order valence-electron chi connectivity index (χ3n) is 3.51. The van der Waals surface area contributed by atoms with Crippen LogP contribution in [0.3, 0.4) is 0 Å². The largest absolute Gasteiger partial charge is 0.378 e.